The molecule has 4 rings (SSSR count). The van der Waals surface area contributed by atoms with Crippen molar-refractivity contribution in [2.75, 3.05) is 12.8 Å². The topological polar surface area (TPSA) is 59.8 Å². The number of thioether (sulfide) groups is 1. The summed E-state index contributed by atoms with van der Waals surface area (Å²) < 4.78 is 2.34. The van der Waals surface area contributed by atoms with E-state index in [4.69, 9.17) is 11.6 Å². The van der Waals surface area contributed by atoms with Crippen molar-refractivity contribution in [2.45, 2.75) is 62.1 Å². The average molecular weight is 419 g/mol. The fourth-order valence-electron chi connectivity index (χ4n) is 4.34. The zero-order chi connectivity index (χ0) is 19.5. The summed E-state index contributed by atoms with van der Waals surface area (Å²) in [5.41, 5.74) is 1.10. The number of carbonyl (C=O) groups is 1. The summed E-state index contributed by atoms with van der Waals surface area (Å²) >= 11 is 7.93. The second kappa shape index (κ2) is 8.87. The summed E-state index contributed by atoms with van der Waals surface area (Å²) in [4.78, 5) is 12.4. The number of aryl methyl sites for hydroxylation is 1. The molecular weight excluding hydrogens is 392 g/mol. The number of halogens is 1. The van der Waals surface area contributed by atoms with E-state index in [0.29, 0.717) is 12.6 Å². The summed E-state index contributed by atoms with van der Waals surface area (Å²) in [5, 5.41) is 13.7. The minimum atomic E-state index is 0.0603. The van der Waals surface area contributed by atoms with E-state index in [9.17, 15) is 4.79 Å². The molecule has 0 saturated heterocycles. The molecule has 1 aromatic heterocycles. The first-order chi connectivity index (χ1) is 13.7. The number of nitrogens with one attached hydrogen (secondary N) is 1. The van der Waals surface area contributed by atoms with Gasteiger partial charge in [0.25, 0.3) is 0 Å². The van der Waals surface area contributed by atoms with E-state index in [2.05, 4.69) is 26.3 Å². The number of hydrogen-bond donors (Lipinski definition) is 1. The van der Waals surface area contributed by atoms with Crippen molar-refractivity contribution in [1.29, 1.82) is 0 Å². The number of amides is 1. The van der Waals surface area contributed by atoms with E-state index in [1.54, 1.807) is 11.8 Å². The summed E-state index contributed by atoms with van der Waals surface area (Å²) in [5.74, 6) is 1.53. The molecule has 1 aromatic carbocycles. The lowest BCUT2D eigenvalue weighted by Crippen LogP contribution is -2.27. The molecule has 150 valence electrons. The highest BCUT2D eigenvalue weighted by Gasteiger charge is 2.44. The van der Waals surface area contributed by atoms with Crippen LogP contribution >= 0.6 is 23.4 Å². The molecule has 2 fully saturated rings. The fourth-order valence-corrected chi connectivity index (χ4v) is 5.19. The molecule has 2 aromatic rings. The predicted molar refractivity (Wildman–Crippen MR) is 113 cm³/mol. The molecule has 1 heterocycles. The number of carbonyl (C=O) groups excluding carboxylic acids is 1. The lowest BCUT2D eigenvalue weighted by atomic mass is 10.1. The summed E-state index contributed by atoms with van der Waals surface area (Å²) in [7, 11) is 0. The van der Waals surface area contributed by atoms with E-state index in [-0.39, 0.29) is 17.7 Å². The van der Waals surface area contributed by atoms with Crippen LogP contribution < -0.4 is 5.32 Å². The van der Waals surface area contributed by atoms with E-state index >= 15 is 0 Å². The van der Waals surface area contributed by atoms with Gasteiger partial charge in [0.05, 0.1) is 0 Å². The van der Waals surface area contributed by atoms with Gasteiger partial charge in [0, 0.05) is 29.9 Å². The van der Waals surface area contributed by atoms with Crippen molar-refractivity contribution < 1.29 is 4.79 Å². The number of benzene rings is 1. The lowest BCUT2D eigenvalue weighted by molar-refractivity contribution is -0.122. The third kappa shape index (κ3) is 4.23. The van der Waals surface area contributed by atoms with Crippen LogP contribution in [0.1, 0.15) is 61.9 Å². The van der Waals surface area contributed by atoms with Gasteiger partial charge in [0.2, 0.25) is 5.91 Å². The summed E-state index contributed by atoms with van der Waals surface area (Å²) in [6.45, 7) is 0.677. The molecule has 0 bridgehead atoms. The molecule has 0 aliphatic heterocycles. The predicted octanol–water partition coefficient (Wildman–Crippen LogP) is 4.62. The van der Waals surface area contributed by atoms with Gasteiger partial charge >= 0.3 is 0 Å². The lowest BCUT2D eigenvalue weighted by Gasteiger charge is -2.16. The van der Waals surface area contributed by atoms with Gasteiger partial charge in [0.15, 0.2) is 5.16 Å². The second-order valence-electron chi connectivity index (χ2n) is 7.78. The summed E-state index contributed by atoms with van der Waals surface area (Å²) in [6.07, 6.45) is 9.71. The monoisotopic (exact) mass is 418 g/mol. The first-order valence-corrected chi connectivity index (χ1v) is 11.8. The van der Waals surface area contributed by atoms with Crippen LogP contribution in [0.5, 0.6) is 0 Å². The van der Waals surface area contributed by atoms with Crippen LogP contribution in [0.4, 0.5) is 0 Å². The fraction of sp³-hybridized carbons (Fsp3) is 0.571. The van der Waals surface area contributed by atoms with Crippen LogP contribution in [-0.2, 0) is 11.2 Å². The SMILES string of the molecule is CSc1nnc(CCCNC(=O)C2CC2c2ccccc2Cl)n1C1CCCC1. The van der Waals surface area contributed by atoms with Crippen LogP contribution in [0.2, 0.25) is 5.02 Å². The van der Waals surface area contributed by atoms with Crippen molar-refractivity contribution in [3.8, 4) is 0 Å². The molecule has 28 heavy (non-hydrogen) atoms. The highest BCUT2D eigenvalue weighted by molar-refractivity contribution is 7.98. The zero-order valence-corrected chi connectivity index (χ0v) is 17.8. The van der Waals surface area contributed by atoms with Gasteiger partial charge in [0.1, 0.15) is 5.82 Å². The third-order valence-corrected chi connectivity index (χ3v) is 6.90. The van der Waals surface area contributed by atoms with Gasteiger partial charge in [-0.2, -0.15) is 0 Å². The molecule has 0 spiro atoms. The Morgan fingerprint density at radius 3 is 2.82 bits per heavy atom. The molecular formula is C21H27ClN4OS. The maximum atomic E-state index is 12.4. The molecule has 1 N–H and O–H groups in total. The molecule has 7 heteroatoms. The van der Waals surface area contributed by atoms with Crippen molar-refractivity contribution in [1.82, 2.24) is 20.1 Å². The van der Waals surface area contributed by atoms with Crippen LogP contribution in [0.3, 0.4) is 0 Å². The molecule has 2 unspecified atom stereocenters. The normalized spacial score (nSPS) is 21.8. The highest BCUT2D eigenvalue weighted by atomic mass is 35.5. The average Bonchev–Trinajstić information content (AvgIpc) is 3.12. The molecule has 2 aliphatic carbocycles. The Morgan fingerprint density at radius 1 is 1.29 bits per heavy atom. The maximum Gasteiger partial charge on any atom is 0.223 e. The van der Waals surface area contributed by atoms with Gasteiger partial charge < -0.3 is 9.88 Å². The maximum absolute atomic E-state index is 12.4. The first-order valence-electron chi connectivity index (χ1n) is 10.2. The third-order valence-electron chi connectivity index (χ3n) is 5.92. The first kappa shape index (κ1) is 19.8. The van der Waals surface area contributed by atoms with E-state index < -0.39 is 0 Å². The summed E-state index contributed by atoms with van der Waals surface area (Å²) in [6, 6.07) is 8.38. The molecule has 5 nitrogen and oxygen atoms in total. The highest BCUT2D eigenvalue weighted by Crippen LogP contribution is 2.49. The number of aromatic nitrogens is 3. The quantitative estimate of drug-likeness (QED) is 0.502. The molecule has 2 saturated carbocycles. The van der Waals surface area contributed by atoms with Gasteiger partial charge in [-0.1, -0.05) is 54.4 Å². The number of hydrogen-bond acceptors (Lipinski definition) is 4. The molecule has 1 amide bonds. The Morgan fingerprint density at radius 2 is 2.07 bits per heavy atom. The van der Waals surface area contributed by atoms with Crippen molar-refractivity contribution in [3.05, 3.63) is 40.7 Å². The van der Waals surface area contributed by atoms with Crippen molar-refractivity contribution >= 4 is 29.3 Å². The van der Waals surface area contributed by atoms with Gasteiger partial charge in [-0.05, 0) is 49.5 Å². The van der Waals surface area contributed by atoms with E-state index in [0.717, 1.165) is 40.8 Å². The van der Waals surface area contributed by atoms with Crippen LogP contribution in [0.25, 0.3) is 0 Å². The van der Waals surface area contributed by atoms with Crippen LogP contribution in [0, 0.1) is 5.92 Å². The Hall–Kier alpha value is -1.53. The minimum Gasteiger partial charge on any atom is -0.356 e. The van der Waals surface area contributed by atoms with Crippen molar-refractivity contribution in [2.24, 2.45) is 5.92 Å². The Labute approximate surface area is 175 Å². The van der Waals surface area contributed by atoms with E-state index in [1.165, 1.54) is 25.7 Å². The van der Waals surface area contributed by atoms with Crippen LogP contribution in [0.15, 0.2) is 29.4 Å². The smallest absolute Gasteiger partial charge is 0.223 e. The number of rotatable bonds is 8. The Bertz CT molecular complexity index is 834. The molecule has 2 atom stereocenters. The number of nitrogens with zero attached hydrogens (tertiary/aromatic N) is 3. The standard InChI is InChI=1S/C21H27ClN4OS/c1-28-21-25-24-19(26(21)14-7-2-3-8-14)11-6-12-23-20(27)17-13-16(17)15-9-4-5-10-18(15)22/h4-5,9-10,14,16-17H,2-3,6-8,11-13H2,1H3,(H,23,27). The zero-order valence-electron chi connectivity index (χ0n) is 16.2. The Kier molecular flexibility index (Phi) is 6.26. The molecule has 0 radical (unpaired) electrons. The van der Waals surface area contributed by atoms with Crippen molar-refractivity contribution in [3.63, 3.8) is 0 Å². The van der Waals surface area contributed by atoms with Gasteiger partial charge in [-0.15, -0.1) is 10.2 Å². The van der Waals surface area contributed by atoms with E-state index in [1.807, 2.05) is 24.3 Å². The van der Waals surface area contributed by atoms with Crippen LogP contribution in [-0.4, -0.2) is 33.5 Å². The van der Waals surface area contributed by atoms with Gasteiger partial charge in [-0.25, -0.2) is 0 Å². The Balaban J connectivity index is 1.26. The second-order valence-corrected chi connectivity index (χ2v) is 8.96. The minimum absolute atomic E-state index is 0.0603. The van der Waals surface area contributed by atoms with Gasteiger partial charge in [-0.3, -0.25) is 4.79 Å². The largest absolute Gasteiger partial charge is 0.356 e. The molecule has 2 aliphatic rings.